The number of hydrogen-bond acceptors (Lipinski definition) is 3. The summed E-state index contributed by atoms with van der Waals surface area (Å²) in [4.78, 5) is 31.0. The third-order valence-corrected chi connectivity index (χ3v) is 3.66. The van der Waals surface area contributed by atoms with E-state index in [0.29, 0.717) is 11.4 Å². The second-order valence-corrected chi connectivity index (χ2v) is 5.27. The summed E-state index contributed by atoms with van der Waals surface area (Å²) in [7, 11) is 1.79. The number of nitrogens with zero attached hydrogens (tertiary/aromatic N) is 2. The number of aromatic amines is 1. The molecule has 0 aliphatic heterocycles. The molecule has 1 amide bonds. The Labute approximate surface area is 137 Å². The molecular weight excluding hydrogens is 311 g/mol. The molecule has 0 bridgehead atoms. The Kier molecular flexibility index (Phi) is 4.24. The molecule has 0 aliphatic rings. The van der Waals surface area contributed by atoms with E-state index in [-0.39, 0.29) is 11.4 Å². The zero-order chi connectivity index (χ0) is 17.1. The number of imidazole rings is 1. The van der Waals surface area contributed by atoms with Gasteiger partial charge in [0.25, 0.3) is 11.5 Å². The van der Waals surface area contributed by atoms with Gasteiger partial charge >= 0.3 is 0 Å². The van der Waals surface area contributed by atoms with Crippen molar-refractivity contribution >= 4 is 5.91 Å². The van der Waals surface area contributed by atoms with Crippen molar-refractivity contribution in [2.45, 2.75) is 6.04 Å². The van der Waals surface area contributed by atoms with Gasteiger partial charge < -0.3 is 14.9 Å². The molecule has 1 aromatic carbocycles. The highest BCUT2D eigenvalue weighted by Gasteiger charge is 2.22. The number of hydrogen-bond donors (Lipinski definition) is 2. The molecule has 7 heteroatoms. The van der Waals surface area contributed by atoms with Crippen molar-refractivity contribution in [1.29, 1.82) is 0 Å². The van der Waals surface area contributed by atoms with Gasteiger partial charge in [-0.1, -0.05) is 12.1 Å². The third-order valence-electron chi connectivity index (χ3n) is 3.66. The van der Waals surface area contributed by atoms with Crippen molar-refractivity contribution in [3.63, 3.8) is 0 Å². The smallest absolute Gasteiger partial charge is 0.260 e. The number of pyridine rings is 1. The molecule has 1 atom stereocenters. The topological polar surface area (TPSA) is 79.8 Å². The maximum Gasteiger partial charge on any atom is 0.260 e. The van der Waals surface area contributed by atoms with Gasteiger partial charge in [-0.05, 0) is 29.8 Å². The molecule has 24 heavy (non-hydrogen) atoms. The van der Waals surface area contributed by atoms with Gasteiger partial charge in [0, 0.05) is 25.6 Å². The van der Waals surface area contributed by atoms with Crippen molar-refractivity contribution in [2.75, 3.05) is 0 Å². The number of carbonyl (C=O) groups is 1. The monoisotopic (exact) mass is 326 g/mol. The van der Waals surface area contributed by atoms with Crippen molar-refractivity contribution in [1.82, 2.24) is 19.9 Å². The van der Waals surface area contributed by atoms with Crippen LogP contribution in [0.4, 0.5) is 4.39 Å². The number of halogens is 1. The van der Waals surface area contributed by atoms with Gasteiger partial charge in [0.15, 0.2) is 0 Å². The summed E-state index contributed by atoms with van der Waals surface area (Å²) in [6.45, 7) is 0. The van der Waals surface area contributed by atoms with Crippen molar-refractivity contribution in [3.05, 3.63) is 88.1 Å². The van der Waals surface area contributed by atoms with Gasteiger partial charge in [-0.3, -0.25) is 9.59 Å². The fourth-order valence-corrected chi connectivity index (χ4v) is 2.42. The highest BCUT2D eigenvalue weighted by atomic mass is 19.1. The summed E-state index contributed by atoms with van der Waals surface area (Å²) in [5.41, 5.74) is 0.179. The number of rotatable bonds is 4. The van der Waals surface area contributed by atoms with Crippen LogP contribution in [0.3, 0.4) is 0 Å². The highest BCUT2D eigenvalue weighted by Crippen LogP contribution is 2.21. The van der Waals surface area contributed by atoms with Gasteiger partial charge in [0.2, 0.25) is 0 Å². The Morgan fingerprint density at radius 3 is 2.67 bits per heavy atom. The van der Waals surface area contributed by atoms with Gasteiger partial charge in [0.05, 0.1) is 0 Å². The summed E-state index contributed by atoms with van der Waals surface area (Å²) in [5, 5.41) is 2.79. The zero-order valence-corrected chi connectivity index (χ0v) is 12.9. The average Bonchev–Trinajstić information content (AvgIpc) is 2.99. The van der Waals surface area contributed by atoms with Crippen LogP contribution < -0.4 is 10.9 Å². The SMILES string of the molecule is Cn1ccnc1C(NC(=O)c1ccc[nH]c1=O)c1ccc(F)cc1. The Morgan fingerprint density at radius 2 is 2.04 bits per heavy atom. The fraction of sp³-hybridized carbons (Fsp3) is 0.118. The van der Waals surface area contributed by atoms with E-state index in [0.717, 1.165) is 0 Å². The molecular formula is C17H15FN4O2. The largest absolute Gasteiger partial charge is 0.338 e. The van der Waals surface area contributed by atoms with Crippen molar-refractivity contribution in [2.24, 2.45) is 7.05 Å². The summed E-state index contributed by atoms with van der Waals surface area (Å²) < 4.78 is 15.0. The molecule has 1 unspecified atom stereocenters. The summed E-state index contributed by atoms with van der Waals surface area (Å²) in [6, 6.07) is 8.17. The first-order valence-electron chi connectivity index (χ1n) is 7.27. The van der Waals surface area contributed by atoms with Gasteiger partial charge in [-0.2, -0.15) is 0 Å². The molecule has 122 valence electrons. The van der Waals surface area contributed by atoms with Crippen LogP contribution in [0.1, 0.15) is 27.8 Å². The Bertz CT molecular complexity index is 915. The molecule has 2 aromatic heterocycles. The van der Waals surface area contributed by atoms with Crippen molar-refractivity contribution < 1.29 is 9.18 Å². The predicted molar refractivity (Wildman–Crippen MR) is 86.0 cm³/mol. The van der Waals surface area contributed by atoms with Crippen LogP contribution in [0.25, 0.3) is 0 Å². The normalized spacial score (nSPS) is 11.9. The van der Waals surface area contributed by atoms with E-state index in [2.05, 4.69) is 15.3 Å². The fourth-order valence-electron chi connectivity index (χ4n) is 2.42. The first-order valence-corrected chi connectivity index (χ1v) is 7.27. The van der Waals surface area contributed by atoms with Crippen LogP contribution in [0.2, 0.25) is 0 Å². The lowest BCUT2D eigenvalue weighted by Crippen LogP contribution is -2.34. The number of carbonyl (C=O) groups excluding carboxylic acids is 1. The van der Waals surface area contributed by atoms with E-state index in [1.807, 2.05) is 0 Å². The van der Waals surface area contributed by atoms with Crippen molar-refractivity contribution in [3.8, 4) is 0 Å². The minimum absolute atomic E-state index is 0.00109. The highest BCUT2D eigenvalue weighted by molar-refractivity contribution is 5.94. The maximum atomic E-state index is 13.2. The summed E-state index contributed by atoms with van der Waals surface area (Å²) >= 11 is 0. The molecule has 0 saturated heterocycles. The van der Waals surface area contributed by atoms with Gasteiger partial charge in [-0.15, -0.1) is 0 Å². The van der Waals surface area contributed by atoms with E-state index in [1.165, 1.54) is 24.4 Å². The van der Waals surface area contributed by atoms with Gasteiger partial charge in [-0.25, -0.2) is 9.37 Å². The van der Waals surface area contributed by atoms with E-state index in [9.17, 15) is 14.0 Å². The van der Waals surface area contributed by atoms with Gasteiger partial charge in [0.1, 0.15) is 23.2 Å². The molecule has 2 heterocycles. The average molecular weight is 326 g/mol. The summed E-state index contributed by atoms with van der Waals surface area (Å²) in [6.07, 6.45) is 4.80. The minimum Gasteiger partial charge on any atom is -0.338 e. The summed E-state index contributed by atoms with van der Waals surface area (Å²) in [5.74, 6) is -0.334. The quantitative estimate of drug-likeness (QED) is 0.767. The van der Waals surface area contributed by atoms with Crippen LogP contribution in [0.15, 0.2) is 59.8 Å². The molecule has 0 radical (unpaired) electrons. The van der Waals surface area contributed by atoms with E-state index in [1.54, 1.807) is 42.2 Å². The predicted octanol–water partition coefficient (Wildman–Crippen LogP) is 1.77. The molecule has 0 spiro atoms. The molecule has 3 aromatic rings. The van der Waals surface area contributed by atoms with Crippen LogP contribution in [-0.2, 0) is 7.05 Å². The van der Waals surface area contributed by atoms with E-state index >= 15 is 0 Å². The first kappa shape index (κ1) is 15.7. The van der Waals surface area contributed by atoms with Crippen LogP contribution in [0, 0.1) is 5.82 Å². The number of amides is 1. The lowest BCUT2D eigenvalue weighted by molar-refractivity contribution is 0.0939. The van der Waals surface area contributed by atoms with Crippen LogP contribution >= 0.6 is 0 Å². The molecule has 0 aliphatic carbocycles. The Balaban J connectivity index is 1.98. The second-order valence-electron chi connectivity index (χ2n) is 5.27. The number of aryl methyl sites for hydroxylation is 1. The van der Waals surface area contributed by atoms with E-state index in [4.69, 9.17) is 0 Å². The zero-order valence-electron chi connectivity index (χ0n) is 12.9. The van der Waals surface area contributed by atoms with Crippen LogP contribution in [-0.4, -0.2) is 20.4 Å². The lowest BCUT2D eigenvalue weighted by Gasteiger charge is -2.19. The number of nitrogens with one attached hydrogen (secondary N) is 2. The van der Waals surface area contributed by atoms with Crippen LogP contribution in [0.5, 0.6) is 0 Å². The first-order chi connectivity index (χ1) is 11.6. The Hall–Kier alpha value is -3.22. The lowest BCUT2D eigenvalue weighted by atomic mass is 10.1. The number of aromatic nitrogens is 3. The Morgan fingerprint density at radius 1 is 1.29 bits per heavy atom. The minimum atomic E-state index is -0.613. The molecule has 3 rings (SSSR count). The molecule has 0 fully saturated rings. The number of benzene rings is 1. The molecule has 6 nitrogen and oxygen atoms in total. The second kappa shape index (κ2) is 6.49. The number of H-pyrrole nitrogens is 1. The maximum absolute atomic E-state index is 13.2. The van der Waals surface area contributed by atoms with E-state index < -0.39 is 17.5 Å². The third kappa shape index (κ3) is 3.10. The standard InChI is InChI=1S/C17H15FN4O2/c1-22-10-9-19-15(22)14(11-4-6-12(18)7-5-11)21-17(24)13-3-2-8-20-16(13)23/h2-10,14H,1H3,(H,20,23)(H,21,24). The molecule has 0 saturated carbocycles. The molecule has 2 N–H and O–H groups in total.